The van der Waals surface area contributed by atoms with E-state index in [-0.39, 0.29) is 11.2 Å². The fourth-order valence-electron chi connectivity index (χ4n) is 0.906. The van der Waals surface area contributed by atoms with Crippen molar-refractivity contribution in [2.45, 2.75) is 24.1 Å². The van der Waals surface area contributed by atoms with Gasteiger partial charge in [0.2, 0.25) is 0 Å². The van der Waals surface area contributed by atoms with Gasteiger partial charge in [0.1, 0.15) is 5.25 Å². The number of carbonyl (C=O) groups excluding carboxylic acids is 1. The highest BCUT2D eigenvalue weighted by atomic mass is 32.2. The standard InChI is InChI=1S/C10H13NO2S/c1-3-13-10(12)8(2)14-9-6-4-5-7-11-9/h4-8H,3H2,1-2H3/t8-/m0/s1. The summed E-state index contributed by atoms with van der Waals surface area (Å²) in [5, 5.41) is 0.637. The van der Waals surface area contributed by atoms with Crippen LogP contribution in [0.2, 0.25) is 0 Å². The van der Waals surface area contributed by atoms with E-state index < -0.39 is 0 Å². The van der Waals surface area contributed by atoms with E-state index in [2.05, 4.69) is 4.98 Å². The third-order valence-corrected chi connectivity index (χ3v) is 2.58. The zero-order valence-corrected chi connectivity index (χ0v) is 9.08. The van der Waals surface area contributed by atoms with Crippen molar-refractivity contribution in [3.8, 4) is 0 Å². The summed E-state index contributed by atoms with van der Waals surface area (Å²) in [5.41, 5.74) is 0. The summed E-state index contributed by atoms with van der Waals surface area (Å²) in [5.74, 6) is -0.192. The van der Waals surface area contributed by atoms with Crippen LogP contribution < -0.4 is 0 Å². The molecule has 0 aliphatic carbocycles. The van der Waals surface area contributed by atoms with E-state index in [1.807, 2.05) is 25.1 Å². The molecule has 4 heteroatoms. The number of hydrogen-bond donors (Lipinski definition) is 0. The normalized spacial score (nSPS) is 12.1. The highest BCUT2D eigenvalue weighted by Gasteiger charge is 2.15. The first-order valence-electron chi connectivity index (χ1n) is 4.48. The fourth-order valence-corrected chi connectivity index (χ4v) is 1.71. The van der Waals surface area contributed by atoms with Gasteiger partial charge in [-0.1, -0.05) is 17.8 Å². The van der Waals surface area contributed by atoms with E-state index in [0.717, 1.165) is 5.03 Å². The molecule has 76 valence electrons. The van der Waals surface area contributed by atoms with Gasteiger partial charge in [-0.25, -0.2) is 4.98 Å². The Balaban J connectivity index is 2.49. The number of pyridine rings is 1. The molecule has 0 unspecified atom stereocenters. The summed E-state index contributed by atoms with van der Waals surface area (Å²) >= 11 is 1.41. The van der Waals surface area contributed by atoms with Crippen LogP contribution in [-0.4, -0.2) is 22.8 Å². The summed E-state index contributed by atoms with van der Waals surface area (Å²) in [6.45, 7) is 4.04. The Morgan fingerprint density at radius 1 is 1.64 bits per heavy atom. The highest BCUT2D eigenvalue weighted by Crippen LogP contribution is 2.20. The minimum atomic E-state index is -0.204. The van der Waals surface area contributed by atoms with E-state index >= 15 is 0 Å². The predicted octanol–water partition coefficient (Wildman–Crippen LogP) is 2.13. The lowest BCUT2D eigenvalue weighted by Gasteiger charge is -2.08. The zero-order valence-electron chi connectivity index (χ0n) is 8.27. The number of aromatic nitrogens is 1. The average molecular weight is 211 g/mol. The van der Waals surface area contributed by atoms with Gasteiger partial charge in [-0.15, -0.1) is 0 Å². The number of carbonyl (C=O) groups is 1. The monoisotopic (exact) mass is 211 g/mol. The second-order valence-corrected chi connectivity index (χ2v) is 4.04. The molecule has 0 aliphatic rings. The average Bonchev–Trinajstić information content (AvgIpc) is 2.19. The van der Waals surface area contributed by atoms with E-state index in [9.17, 15) is 4.79 Å². The van der Waals surface area contributed by atoms with Gasteiger partial charge in [-0.3, -0.25) is 4.79 Å². The Morgan fingerprint density at radius 3 is 3.00 bits per heavy atom. The zero-order chi connectivity index (χ0) is 10.4. The molecule has 0 aliphatic heterocycles. The number of ether oxygens (including phenoxy) is 1. The molecule has 1 heterocycles. The van der Waals surface area contributed by atoms with Gasteiger partial charge in [0.05, 0.1) is 11.6 Å². The molecule has 0 spiro atoms. The lowest BCUT2D eigenvalue weighted by Crippen LogP contribution is -2.16. The predicted molar refractivity (Wildman–Crippen MR) is 56.2 cm³/mol. The van der Waals surface area contributed by atoms with Gasteiger partial charge >= 0.3 is 5.97 Å². The smallest absolute Gasteiger partial charge is 0.319 e. The number of nitrogens with zero attached hydrogens (tertiary/aromatic N) is 1. The minimum absolute atomic E-state index is 0.192. The lowest BCUT2D eigenvalue weighted by molar-refractivity contribution is -0.142. The maximum Gasteiger partial charge on any atom is 0.319 e. The van der Waals surface area contributed by atoms with Crippen molar-refractivity contribution >= 4 is 17.7 Å². The number of esters is 1. The van der Waals surface area contributed by atoms with Crippen LogP contribution in [0.15, 0.2) is 29.4 Å². The van der Waals surface area contributed by atoms with Crippen molar-refractivity contribution in [1.29, 1.82) is 0 Å². The van der Waals surface area contributed by atoms with Crippen molar-refractivity contribution < 1.29 is 9.53 Å². The van der Waals surface area contributed by atoms with Gasteiger partial charge in [-0.2, -0.15) is 0 Å². The summed E-state index contributed by atoms with van der Waals surface area (Å²) in [7, 11) is 0. The maximum atomic E-state index is 11.3. The first kappa shape index (κ1) is 11.0. The second-order valence-electron chi connectivity index (χ2n) is 2.68. The summed E-state index contributed by atoms with van der Waals surface area (Å²) in [4.78, 5) is 15.4. The molecular formula is C10H13NO2S. The van der Waals surface area contributed by atoms with E-state index in [0.29, 0.717) is 6.61 Å². The van der Waals surface area contributed by atoms with Crippen molar-refractivity contribution in [3.05, 3.63) is 24.4 Å². The van der Waals surface area contributed by atoms with E-state index in [1.165, 1.54) is 11.8 Å². The van der Waals surface area contributed by atoms with Crippen LogP contribution in [-0.2, 0) is 9.53 Å². The topological polar surface area (TPSA) is 39.2 Å². The molecule has 0 saturated carbocycles. The molecule has 0 aromatic carbocycles. The molecule has 0 bridgehead atoms. The molecule has 0 fully saturated rings. The summed E-state index contributed by atoms with van der Waals surface area (Å²) < 4.78 is 4.89. The van der Waals surface area contributed by atoms with Crippen LogP contribution in [0.4, 0.5) is 0 Å². The second kappa shape index (κ2) is 5.65. The Kier molecular flexibility index (Phi) is 4.46. The Labute approximate surface area is 87.9 Å². The molecule has 0 radical (unpaired) electrons. The SMILES string of the molecule is CCOC(=O)[C@H](C)Sc1ccccn1. The molecule has 0 saturated heterocycles. The first-order chi connectivity index (χ1) is 6.74. The van der Waals surface area contributed by atoms with Gasteiger partial charge < -0.3 is 4.74 Å². The van der Waals surface area contributed by atoms with Gasteiger partial charge in [0.25, 0.3) is 0 Å². The number of rotatable bonds is 4. The third-order valence-electron chi connectivity index (χ3n) is 1.55. The Hall–Kier alpha value is -1.03. The van der Waals surface area contributed by atoms with Crippen molar-refractivity contribution in [2.24, 2.45) is 0 Å². The van der Waals surface area contributed by atoms with Crippen LogP contribution in [0.5, 0.6) is 0 Å². The molecule has 3 nitrogen and oxygen atoms in total. The van der Waals surface area contributed by atoms with Crippen LogP contribution >= 0.6 is 11.8 Å². The van der Waals surface area contributed by atoms with Gasteiger partial charge in [0.15, 0.2) is 0 Å². The number of hydrogen-bond acceptors (Lipinski definition) is 4. The maximum absolute atomic E-state index is 11.3. The molecule has 1 atom stereocenters. The molecule has 14 heavy (non-hydrogen) atoms. The lowest BCUT2D eigenvalue weighted by atomic mass is 10.5. The first-order valence-corrected chi connectivity index (χ1v) is 5.36. The molecule has 1 aromatic heterocycles. The molecule has 1 aromatic rings. The molecule has 0 amide bonds. The summed E-state index contributed by atoms with van der Waals surface area (Å²) in [6, 6.07) is 5.62. The van der Waals surface area contributed by atoms with Crippen LogP contribution in [0, 0.1) is 0 Å². The quantitative estimate of drug-likeness (QED) is 0.565. The van der Waals surface area contributed by atoms with Gasteiger partial charge in [-0.05, 0) is 26.0 Å². The van der Waals surface area contributed by atoms with Gasteiger partial charge in [0, 0.05) is 6.20 Å². The van der Waals surface area contributed by atoms with Crippen molar-refractivity contribution in [1.82, 2.24) is 4.98 Å². The fraction of sp³-hybridized carbons (Fsp3) is 0.400. The van der Waals surface area contributed by atoms with Crippen LogP contribution in [0.3, 0.4) is 0 Å². The number of thioether (sulfide) groups is 1. The molecular weight excluding hydrogens is 198 g/mol. The largest absolute Gasteiger partial charge is 0.465 e. The minimum Gasteiger partial charge on any atom is -0.465 e. The van der Waals surface area contributed by atoms with Crippen LogP contribution in [0.25, 0.3) is 0 Å². The Morgan fingerprint density at radius 2 is 2.43 bits per heavy atom. The van der Waals surface area contributed by atoms with E-state index in [4.69, 9.17) is 4.74 Å². The molecule has 0 N–H and O–H groups in total. The highest BCUT2D eigenvalue weighted by molar-refractivity contribution is 8.00. The van der Waals surface area contributed by atoms with Crippen molar-refractivity contribution in [2.75, 3.05) is 6.61 Å². The molecule has 1 rings (SSSR count). The van der Waals surface area contributed by atoms with Crippen molar-refractivity contribution in [3.63, 3.8) is 0 Å². The summed E-state index contributed by atoms with van der Waals surface area (Å²) in [6.07, 6.45) is 1.71. The third kappa shape index (κ3) is 3.38. The Bertz CT molecular complexity index is 289. The van der Waals surface area contributed by atoms with E-state index in [1.54, 1.807) is 13.1 Å². The van der Waals surface area contributed by atoms with Crippen LogP contribution in [0.1, 0.15) is 13.8 Å².